The number of nitrogens with zero attached hydrogens (tertiary/aromatic N) is 2. The number of sulfonamides is 1. The Bertz CT molecular complexity index is 896. The monoisotopic (exact) mass is 422 g/mol. The quantitative estimate of drug-likeness (QED) is 0.688. The lowest BCUT2D eigenvalue weighted by Crippen LogP contribution is -2.46. The van der Waals surface area contributed by atoms with Gasteiger partial charge in [0.15, 0.2) is 0 Å². The summed E-state index contributed by atoms with van der Waals surface area (Å²) in [5, 5.41) is 0. The van der Waals surface area contributed by atoms with Crippen molar-refractivity contribution in [1.82, 2.24) is 9.21 Å². The van der Waals surface area contributed by atoms with Crippen LogP contribution >= 0.6 is 11.3 Å². The van der Waals surface area contributed by atoms with Gasteiger partial charge in [0.25, 0.3) is 10.0 Å². The number of rotatable bonds is 7. The zero-order valence-electron chi connectivity index (χ0n) is 16.2. The molecule has 2 heterocycles. The lowest BCUT2D eigenvalue weighted by molar-refractivity contribution is -0.135. The molecule has 1 fully saturated rings. The molecule has 0 saturated carbocycles. The molecule has 3 rings (SSSR count). The molecule has 0 bridgehead atoms. The molecule has 0 N–H and O–H groups in total. The van der Waals surface area contributed by atoms with Crippen molar-refractivity contribution in [3.8, 4) is 5.75 Å². The molecule has 1 aliphatic rings. The number of carbonyl (C=O) groups excluding carboxylic acids is 1. The molecule has 6 nitrogen and oxygen atoms in total. The predicted octanol–water partition coefficient (Wildman–Crippen LogP) is 2.99. The average Bonchev–Trinajstić information content (AvgIpc) is 3.15. The lowest BCUT2D eigenvalue weighted by Gasteiger charge is -2.33. The molecule has 1 unspecified atom stereocenters. The highest BCUT2D eigenvalue weighted by Crippen LogP contribution is 2.28. The third-order valence-corrected chi connectivity index (χ3v) is 8.19. The Balaban J connectivity index is 1.56. The molecule has 1 amide bonds. The van der Waals surface area contributed by atoms with Crippen molar-refractivity contribution in [3.05, 3.63) is 47.3 Å². The van der Waals surface area contributed by atoms with Gasteiger partial charge < -0.3 is 9.64 Å². The molecule has 0 radical (unpaired) electrons. The molecule has 0 aliphatic carbocycles. The Hall–Kier alpha value is -1.90. The van der Waals surface area contributed by atoms with Crippen molar-refractivity contribution in [3.63, 3.8) is 0 Å². The van der Waals surface area contributed by atoms with Gasteiger partial charge in [0, 0.05) is 25.0 Å². The van der Waals surface area contributed by atoms with Crippen LogP contribution in [0.3, 0.4) is 0 Å². The van der Waals surface area contributed by atoms with E-state index in [2.05, 4.69) is 0 Å². The molecule has 0 spiro atoms. The van der Waals surface area contributed by atoms with Gasteiger partial charge in [-0.2, -0.15) is 4.31 Å². The Labute approximate surface area is 170 Å². The summed E-state index contributed by atoms with van der Waals surface area (Å²) < 4.78 is 33.2. The number of piperidine rings is 1. The molecular weight excluding hydrogens is 396 g/mol. The second-order valence-corrected chi connectivity index (χ2v) is 10.4. The molecule has 1 aliphatic heterocycles. The van der Waals surface area contributed by atoms with Crippen LogP contribution < -0.4 is 4.74 Å². The van der Waals surface area contributed by atoms with E-state index in [0.29, 0.717) is 36.7 Å². The molecule has 152 valence electrons. The number of thiophene rings is 1. The van der Waals surface area contributed by atoms with E-state index >= 15 is 0 Å². The zero-order valence-corrected chi connectivity index (χ0v) is 17.8. The van der Waals surface area contributed by atoms with Gasteiger partial charge in [-0.3, -0.25) is 4.79 Å². The van der Waals surface area contributed by atoms with Gasteiger partial charge in [-0.15, -0.1) is 11.3 Å². The Morgan fingerprint density at radius 2 is 2.00 bits per heavy atom. The predicted molar refractivity (Wildman–Crippen MR) is 110 cm³/mol. The van der Waals surface area contributed by atoms with Gasteiger partial charge >= 0.3 is 0 Å². The first-order chi connectivity index (χ1) is 13.4. The van der Waals surface area contributed by atoms with Crippen LogP contribution in [0.1, 0.15) is 17.7 Å². The molecule has 28 heavy (non-hydrogen) atoms. The maximum absolute atomic E-state index is 12.9. The minimum atomic E-state index is -3.53. The third kappa shape index (κ3) is 4.92. The second-order valence-electron chi connectivity index (χ2n) is 6.99. The number of amides is 1. The van der Waals surface area contributed by atoms with Crippen LogP contribution in [0.4, 0.5) is 0 Å². The van der Waals surface area contributed by atoms with Crippen LogP contribution in [0.15, 0.2) is 46.7 Å². The van der Waals surface area contributed by atoms with E-state index in [1.54, 1.807) is 18.0 Å². The first kappa shape index (κ1) is 20.8. The van der Waals surface area contributed by atoms with E-state index in [0.717, 1.165) is 10.6 Å². The summed E-state index contributed by atoms with van der Waals surface area (Å²) in [5.41, 5.74) is 0. The summed E-state index contributed by atoms with van der Waals surface area (Å²) in [7, 11) is -1.79. The largest absolute Gasteiger partial charge is 0.492 e. The van der Waals surface area contributed by atoms with Gasteiger partial charge in [-0.25, -0.2) is 8.42 Å². The van der Waals surface area contributed by atoms with Gasteiger partial charge in [0.05, 0.1) is 12.5 Å². The molecule has 1 saturated heterocycles. The van der Waals surface area contributed by atoms with Crippen molar-refractivity contribution < 1.29 is 17.9 Å². The maximum Gasteiger partial charge on any atom is 0.252 e. The number of benzene rings is 1. The SMILES string of the molecule is Cc1ccc(S(=O)(=O)N2CCCC(C(=O)N(C)CCOc3ccccc3)C2)s1. The van der Waals surface area contributed by atoms with Crippen molar-refractivity contribution in [1.29, 1.82) is 0 Å². The zero-order chi connectivity index (χ0) is 20.1. The Morgan fingerprint density at radius 3 is 2.68 bits per heavy atom. The van der Waals surface area contributed by atoms with Gasteiger partial charge in [-0.05, 0) is 44.0 Å². The fourth-order valence-electron chi connectivity index (χ4n) is 3.28. The summed E-state index contributed by atoms with van der Waals surface area (Å²) in [4.78, 5) is 15.4. The topological polar surface area (TPSA) is 66.9 Å². The number of para-hydroxylation sites is 1. The number of hydrogen-bond donors (Lipinski definition) is 0. The van der Waals surface area contributed by atoms with E-state index in [1.165, 1.54) is 15.6 Å². The van der Waals surface area contributed by atoms with Crippen LogP contribution in [-0.2, 0) is 14.8 Å². The van der Waals surface area contributed by atoms with Crippen LogP contribution in [-0.4, -0.2) is 56.8 Å². The van der Waals surface area contributed by atoms with Crippen LogP contribution in [0.2, 0.25) is 0 Å². The van der Waals surface area contributed by atoms with Crippen molar-refractivity contribution in [2.45, 2.75) is 24.0 Å². The molecule has 2 aromatic rings. The molecular formula is C20H26N2O4S2. The standard InChI is InChI=1S/C20H26N2O4S2/c1-16-10-11-19(27-16)28(24,25)22-12-6-7-17(15-22)20(23)21(2)13-14-26-18-8-4-3-5-9-18/h3-5,8-11,17H,6-7,12-15H2,1-2H3. The highest BCUT2D eigenvalue weighted by atomic mass is 32.2. The first-order valence-corrected chi connectivity index (χ1v) is 11.6. The summed E-state index contributed by atoms with van der Waals surface area (Å²) in [6.45, 7) is 3.45. The number of likely N-dealkylation sites (N-methyl/N-ethyl adjacent to an activating group) is 1. The van der Waals surface area contributed by atoms with Crippen molar-refractivity contribution >= 4 is 27.3 Å². The Morgan fingerprint density at radius 1 is 1.25 bits per heavy atom. The number of carbonyl (C=O) groups is 1. The first-order valence-electron chi connectivity index (χ1n) is 9.37. The number of hydrogen-bond acceptors (Lipinski definition) is 5. The number of aryl methyl sites for hydroxylation is 1. The van der Waals surface area contributed by atoms with Crippen molar-refractivity contribution in [2.24, 2.45) is 5.92 Å². The molecule has 8 heteroatoms. The number of ether oxygens (including phenoxy) is 1. The third-order valence-electron chi connectivity index (χ3n) is 4.86. The molecule has 1 aromatic carbocycles. The van der Waals surface area contributed by atoms with Crippen molar-refractivity contribution in [2.75, 3.05) is 33.3 Å². The average molecular weight is 423 g/mol. The highest BCUT2D eigenvalue weighted by Gasteiger charge is 2.34. The van der Waals surface area contributed by atoms with E-state index in [9.17, 15) is 13.2 Å². The smallest absolute Gasteiger partial charge is 0.252 e. The van der Waals surface area contributed by atoms with E-state index < -0.39 is 10.0 Å². The normalized spacial score (nSPS) is 18.0. The molecule has 1 atom stereocenters. The summed E-state index contributed by atoms with van der Waals surface area (Å²) >= 11 is 1.27. The Kier molecular flexibility index (Phi) is 6.74. The summed E-state index contributed by atoms with van der Waals surface area (Å²) in [6, 6.07) is 12.9. The van der Waals surface area contributed by atoms with Crippen LogP contribution in [0, 0.1) is 12.8 Å². The maximum atomic E-state index is 12.9. The highest BCUT2D eigenvalue weighted by molar-refractivity contribution is 7.91. The van der Waals surface area contributed by atoms with E-state index in [4.69, 9.17) is 4.74 Å². The van der Waals surface area contributed by atoms with Gasteiger partial charge in [0.1, 0.15) is 16.6 Å². The molecule has 1 aromatic heterocycles. The fraction of sp³-hybridized carbons (Fsp3) is 0.450. The fourth-order valence-corrected chi connectivity index (χ4v) is 6.24. The van der Waals surface area contributed by atoms with E-state index in [-0.39, 0.29) is 18.4 Å². The second kappa shape index (κ2) is 9.07. The van der Waals surface area contributed by atoms with Gasteiger partial charge in [-0.1, -0.05) is 18.2 Å². The summed E-state index contributed by atoms with van der Waals surface area (Å²) in [6.07, 6.45) is 1.40. The lowest BCUT2D eigenvalue weighted by atomic mass is 9.98. The van der Waals surface area contributed by atoms with Crippen LogP contribution in [0.5, 0.6) is 5.75 Å². The van der Waals surface area contributed by atoms with Crippen LogP contribution in [0.25, 0.3) is 0 Å². The van der Waals surface area contributed by atoms with Gasteiger partial charge in [0.2, 0.25) is 5.91 Å². The minimum Gasteiger partial charge on any atom is -0.492 e. The summed E-state index contributed by atoms with van der Waals surface area (Å²) in [5.74, 6) is 0.426. The minimum absolute atomic E-state index is 0.0288. The van der Waals surface area contributed by atoms with E-state index in [1.807, 2.05) is 43.3 Å².